The molecule has 0 amide bonds. The fraction of sp³-hybridized carbons (Fsp3) is 0.500. The molecule has 0 saturated heterocycles. The summed E-state index contributed by atoms with van der Waals surface area (Å²) in [5, 5.41) is -1.29. The Morgan fingerprint density at radius 1 is 1.67 bits per heavy atom. The number of halogens is 1. The topological polar surface area (TPSA) is 43.4 Å². The monoisotopic (exact) mass is 146 g/mol. The summed E-state index contributed by atoms with van der Waals surface area (Å²) in [6.07, 6.45) is 0. The average molecular weight is 146 g/mol. The molecule has 0 aliphatic heterocycles. The van der Waals surface area contributed by atoms with Crippen LogP contribution in [0.2, 0.25) is 0 Å². The van der Waals surface area contributed by atoms with E-state index < -0.39 is 17.0 Å². The molecule has 0 rings (SSSR count). The van der Waals surface area contributed by atoms with Gasteiger partial charge in [-0.25, -0.2) is 4.79 Å². The van der Waals surface area contributed by atoms with E-state index in [1.807, 2.05) is 0 Å². The fourth-order valence-electron chi connectivity index (χ4n) is 0.213. The van der Waals surface area contributed by atoms with E-state index in [1.54, 1.807) is 0 Å². The Labute approximate surface area is 58.7 Å². The number of ketones is 1. The van der Waals surface area contributed by atoms with Crippen molar-refractivity contribution >= 4 is 31.2 Å². The van der Waals surface area contributed by atoms with E-state index >= 15 is 0 Å². The van der Waals surface area contributed by atoms with E-state index in [2.05, 4.69) is 4.74 Å². The molecule has 5 heteroatoms. The van der Waals surface area contributed by atoms with Crippen molar-refractivity contribution in [3.63, 3.8) is 0 Å². The molecule has 2 radical (unpaired) electrons. The molecule has 1 atom stereocenters. The molecular formula is C4H4BClO3. The van der Waals surface area contributed by atoms with Gasteiger partial charge in [0.1, 0.15) is 7.85 Å². The molecule has 0 aliphatic rings. The summed E-state index contributed by atoms with van der Waals surface area (Å²) in [7, 11) is 5.91. The SMILES string of the molecule is [B]C(Cl)C(=O)C(=O)OC. The van der Waals surface area contributed by atoms with Crippen molar-refractivity contribution in [2.75, 3.05) is 7.11 Å². The summed E-state index contributed by atoms with van der Waals surface area (Å²) >= 11 is 5.03. The van der Waals surface area contributed by atoms with Gasteiger partial charge in [-0.2, -0.15) is 0 Å². The van der Waals surface area contributed by atoms with Crippen molar-refractivity contribution in [2.24, 2.45) is 0 Å². The lowest BCUT2D eigenvalue weighted by molar-refractivity contribution is -0.150. The molecule has 9 heavy (non-hydrogen) atoms. The van der Waals surface area contributed by atoms with E-state index in [-0.39, 0.29) is 0 Å². The molecule has 0 heterocycles. The maximum atomic E-state index is 10.3. The molecule has 0 bridgehead atoms. The van der Waals surface area contributed by atoms with Crippen molar-refractivity contribution in [3.05, 3.63) is 0 Å². The second-order valence-corrected chi connectivity index (χ2v) is 1.73. The van der Waals surface area contributed by atoms with Crippen molar-refractivity contribution in [1.82, 2.24) is 0 Å². The summed E-state index contributed by atoms with van der Waals surface area (Å²) in [5.74, 6) is -1.95. The number of Topliss-reactive ketones (excluding diaryl/α,β-unsaturated/α-hetero) is 1. The van der Waals surface area contributed by atoms with Gasteiger partial charge in [-0.15, -0.1) is 11.6 Å². The standard InChI is InChI=1S/C4H4BClO3/c1-9-4(8)2(7)3(5)6/h3H,1H3. The minimum absolute atomic E-state index is 0.931. The number of carbonyl (C=O) groups is 2. The lowest BCUT2D eigenvalue weighted by atomic mass is 10.0. The Morgan fingerprint density at radius 3 is 2.22 bits per heavy atom. The lowest BCUT2D eigenvalue weighted by Crippen LogP contribution is -2.25. The van der Waals surface area contributed by atoms with Crippen LogP contribution < -0.4 is 0 Å². The summed E-state index contributed by atoms with van der Waals surface area (Å²) < 4.78 is 4.02. The van der Waals surface area contributed by atoms with Crippen molar-refractivity contribution < 1.29 is 14.3 Å². The minimum Gasteiger partial charge on any atom is -0.463 e. The normalized spacial score (nSPS) is 12.2. The van der Waals surface area contributed by atoms with Crippen molar-refractivity contribution in [3.8, 4) is 0 Å². The molecule has 0 spiro atoms. The summed E-state index contributed by atoms with van der Waals surface area (Å²) in [6.45, 7) is 0. The van der Waals surface area contributed by atoms with E-state index in [4.69, 9.17) is 19.4 Å². The van der Waals surface area contributed by atoms with Crippen LogP contribution in [-0.2, 0) is 14.3 Å². The maximum absolute atomic E-state index is 10.3. The van der Waals surface area contributed by atoms with Gasteiger partial charge in [0.15, 0.2) is 0 Å². The predicted molar refractivity (Wildman–Crippen MR) is 32.4 cm³/mol. The zero-order chi connectivity index (χ0) is 7.44. The average Bonchev–Trinajstić information content (AvgIpc) is 1.84. The van der Waals surface area contributed by atoms with Crippen LogP contribution in [0.4, 0.5) is 0 Å². The van der Waals surface area contributed by atoms with E-state index in [1.165, 1.54) is 0 Å². The maximum Gasteiger partial charge on any atom is 0.375 e. The van der Waals surface area contributed by atoms with Crippen LogP contribution in [0.1, 0.15) is 0 Å². The third-order valence-corrected chi connectivity index (χ3v) is 0.835. The molecular weight excluding hydrogens is 142 g/mol. The smallest absolute Gasteiger partial charge is 0.375 e. The summed E-state index contributed by atoms with van der Waals surface area (Å²) in [4.78, 5) is 20.6. The van der Waals surface area contributed by atoms with Gasteiger partial charge in [-0.05, 0) is 0 Å². The highest BCUT2D eigenvalue weighted by Crippen LogP contribution is 1.91. The fourth-order valence-corrected chi connectivity index (χ4v) is 0.302. The number of hydrogen-bond acceptors (Lipinski definition) is 3. The highest BCUT2D eigenvalue weighted by molar-refractivity contribution is 6.60. The van der Waals surface area contributed by atoms with Crippen LogP contribution in [0.15, 0.2) is 0 Å². The van der Waals surface area contributed by atoms with Gasteiger partial charge in [0.2, 0.25) is 5.78 Å². The van der Waals surface area contributed by atoms with Crippen LogP contribution in [-0.4, -0.2) is 32.0 Å². The molecule has 0 aliphatic carbocycles. The number of hydrogen-bond donors (Lipinski definition) is 0. The zero-order valence-corrected chi connectivity index (χ0v) is 5.51. The van der Waals surface area contributed by atoms with Gasteiger partial charge < -0.3 is 4.74 Å². The molecule has 0 aromatic heterocycles. The Kier molecular flexibility index (Phi) is 3.31. The first-order valence-corrected chi connectivity index (χ1v) is 2.55. The Balaban J connectivity index is 3.89. The number of carbonyl (C=O) groups excluding carboxylic acids is 2. The van der Waals surface area contributed by atoms with Crippen LogP contribution >= 0.6 is 11.6 Å². The number of ether oxygens (including phenoxy) is 1. The zero-order valence-electron chi connectivity index (χ0n) is 4.76. The van der Waals surface area contributed by atoms with Gasteiger partial charge >= 0.3 is 5.97 Å². The molecule has 1 unspecified atom stereocenters. The van der Waals surface area contributed by atoms with Gasteiger partial charge in [0.05, 0.1) is 12.4 Å². The quantitative estimate of drug-likeness (QED) is 0.227. The molecule has 48 valence electrons. The van der Waals surface area contributed by atoms with Gasteiger partial charge in [-0.1, -0.05) is 0 Å². The van der Waals surface area contributed by atoms with E-state index in [0.717, 1.165) is 7.11 Å². The van der Waals surface area contributed by atoms with Crippen LogP contribution in [0.25, 0.3) is 0 Å². The first kappa shape index (κ1) is 8.49. The molecule has 0 aromatic carbocycles. The predicted octanol–water partition coefficient (Wildman–Crippen LogP) is -0.538. The van der Waals surface area contributed by atoms with E-state index in [9.17, 15) is 9.59 Å². The number of alkyl halides is 1. The van der Waals surface area contributed by atoms with Gasteiger partial charge in [0.25, 0.3) is 0 Å². The van der Waals surface area contributed by atoms with Gasteiger partial charge in [0, 0.05) is 0 Å². The van der Waals surface area contributed by atoms with E-state index in [0.29, 0.717) is 0 Å². The lowest BCUT2D eigenvalue weighted by Gasteiger charge is -1.97. The minimum atomic E-state index is -1.29. The third-order valence-electron chi connectivity index (χ3n) is 0.637. The molecule has 0 fully saturated rings. The summed E-state index contributed by atoms with van der Waals surface area (Å²) in [5.41, 5.74) is 0. The first-order chi connectivity index (χ1) is 4.09. The van der Waals surface area contributed by atoms with Crippen molar-refractivity contribution in [2.45, 2.75) is 5.28 Å². The summed E-state index contributed by atoms with van der Waals surface area (Å²) in [6, 6.07) is 0. The molecule has 0 saturated carbocycles. The Morgan fingerprint density at radius 2 is 2.11 bits per heavy atom. The number of esters is 1. The Hall–Kier alpha value is -0.505. The Bertz CT molecular complexity index is 134. The van der Waals surface area contributed by atoms with Crippen LogP contribution in [0, 0.1) is 0 Å². The molecule has 0 aromatic rings. The molecule has 0 N–H and O–H groups in total. The largest absolute Gasteiger partial charge is 0.463 e. The highest BCUT2D eigenvalue weighted by Gasteiger charge is 2.18. The van der Waals surface area contributed by atoms with Gasteiger partial charge in [-0.3, -0.25) is 4.79 Å². The number of rotatable bonds is 2. The highest BCUT2D eigenvalue weighted by atomic mass is 35.5. The van der Waals surface area contributed by atoms with Crippen molar-refractivity contribution in [1.29, 1.82) is 0 Å². The molecule has 3 nitrogen and oxygen atoms in total. The second kappa shape index (κ2) is 3.51. The first-order valence-electron chi connectivity index (χ1n) is 2.11. The second-order valence-electron chi connectivity index (χ2n) is 1.26. The van der Waals surface area contributed by atoms with Crippen LogP contribution in [0.3, 0.4) is 0 Å². The number of methoxy groups -OCH3 is 1. The van der Waals surface area contributed by atoms with Crippen LogP contribution in [0.5, 0.6) is 0 Å². The third kappa shape index (κ3) is 2.51.